The second-order valence-corrected chi connectivity index (χ2v) is 8.07. The minimum Gasteiger partial charge on any atom is -0.465 e. The van der Waals surface area contributed by atoms with Gasteiger partial charge < -0.3 is 14.4 Å². The number of benzene rings is 2. The van der Waals surface area contributed by atoms with Gasteiger partial charge in [0.2, 0.25) is 10.0 Å². The second-order valence-electron chi connectivity index (χ2n) is 6.21. The maximum absolute atomic E-state index is 12.7. The number of esters is 1. The van der Waals surface area contributed by atoms with Crippen LogP contribution in [0.2, 0.25) is 0 Å². The summed E-state index contributed by atoms with van der Waals surface area (Å²) in [5, 5.41) is 0. The number of hydrogen-bond donors (Lipinski definition) is 1. The standard InChI is InChI=1S/C20H26N2O5S/c1-5-6-12-22(3)17-13-15(20(23)26-4)14-18(28(24,25)21-2)19(17)27-16-10-8-7-9-11-16/h7-11,13-14,21H,5-6,12H2,1-4H3. The van der Waals surface area contributed by atoms with Crippen LogP contribution in [0.25, 0.3) is 0 Å². The molecule has 0 radical (unpaired) electrons. The normalized spacial score (nSPS) is 11.1. The van der Waals surface area contributed by atoms with Crippen molar-refractivity contribution in [3.63, 3.8) is 0 Å². The van der Waals surface area contributed by atoms with Crippen molar-refractivity contribution in [2.75, 3.05) is 32.6 Å². The Morgan fingerprint density at radius 1 is 1.18 bits per heavy atom. The van der Waals surface area contributed by atoms with Gasteiger partial charge in [-0.15, -0.1) is 0 Å². The zero-order valence-electron chi connectivity index (χ0n) is 16.6. The number of carbonyl (C=O) groups excluding carboxylic acids is 1. The molecule has 0 saturated carbocycles. The number of nitrogens with one attached hydrogen (secondary N) is 1. The van der Waals surface area contributed by atoms with Crippen molar-refractivity contribution in [1.29, 1.82) is 0 Å². The van der Waals surface area contributed by atoms with Gasteiger partial charge in [0.25, 0.3) is 0 Å². The zero-order chi connectivity index (χ0) is 20.7. The van der Waals surface area contributed by atoms with Gasteiger partial charge in [-0.25, -0.2) is 17.9 Å². The fraction of sp³-hybridized carbons (Fsp3) is 0.350. The van der Waals surface area contributed by atoms with Crippen LogP contribution >= 0.6 is 0 Å². The van der Waals surface area contributed by atoms with Gasteiger partial charge in [0.15, 0.2) is 5.75 Å². The van der Waals surface area contributed by atoms with Crippen molar-refractivity contribution in [3.05, 3.63) is 48.0 Å². The number of carbonyl (C=O) groups is 1. The molecule has 0 aliphatic rings. The molecule has 0 saturated heterocycles. The highest BCUT2D eigenvalue weighted by Gasteiger charge is 2.26. The van der Waals surface area contributed by atoms with Crippen LogP contribution in [0.3, 0.4) is 0 Å². The van der Waals surface area contributed by atoms with E-state index < -0.39 is 16.0 Å². The summed E-state index contributed by atoms with van der Waals surface area (Å²) < 4.78 is 38.5. The Labute approximate surface area is 166 Å². The quantitative estimate of drug-likeness (QED) is 0.643. The molecule has 7 nitrogen and oxygen atoms in total. The molecule has 0 aliphatic heterocycles. The maximum atomic E-state index is 12.7. The predicted molar refractivity (Wildman–Crippen MR) is 109 cm³/mol. The number of unbranched alkanes of at least 4 members (excludes halogenated alkanes) is 1. The third-order valence-corrected chi connectivity index (χ3v) is 5.66. The van der Waals surface area contributed by atoms with E-state index in [-0.39, 0.29) is 16.2 Å². The van der Waals surface area contributed by atoms with Gasteiger partial charge in [-0.3, -0.25) is 0 Å². The molecular weight excluding hydrogens is 380 g/mol. The molecule has 2 aromatic carbocycles. The van der Waals surface area contributed by atoms with Crippen molar-refractivity contribution in [3.8, 4) is 11.5 Å². The Morgan fingerprint density at radius 3 is 2.43 bits per heavy atom. The second kappa shape index (κ2) is 9.57. The van der Waals surface area contributed by atoms with E-state index in [1.165, 1.54) is 20.2 Å². The Kier molecular flexibility index (Phi) is 7.42. The van der Waals surface area contributed by atoms with E-state index in [4.69, 9.17) is 9.47 Å². The topological polar surface area (TPSA) is 84.9 Å². The number of methoxy groups -OCH3 is 1. The molecule has 2 rings (SSSR count). The molecule has 0 fully saturated rings. The molecule has 152 valence electrons. The first-order chi connectivity index (χ1) is 13.3. The first-order valence-corrected chi connectivity index (χ1v) is 10.5. The summed E-state index contributed by atoms with van der Waals surface area (Å²) >= 11 is 0. The van der Waals surface area contributed by atoms with Gasteiger partial charge in [-0.1, -0.05) is 31.5 Å². The molecule has 2 aromatic rings. The molecule has 0 unspecified atom stereocenters. The van der Waals surface area contributed by atoms with Gasteiger partial charge in [0, 0.05) is 13.6 Å². The van der Waals surface area contributed by atoms with Gasteiger partial charge in [0.1, 0.15) is 10.6 Å². The van der Waals surface area contributed by atoms with E-state index in [0.29, 0.717) is 18.0 Å². The van der Waals surface area contributed by atoms with Crippen LogP contribution in [0.1, 0.15) is 30.1 Å². The SMILES string of the molecule is CCCCN(C)c1cc(C(=O)OC)cc(S(=O)(=O)NC)c1Oc1ccccc1. The number of anilines is 1. The average Bonchev–Trinajstić information content (AvgIpc) is 2.72. The summed E-state index contributed by atoms with van der Waals surface area (Å²) in [5.41, 5.74) is 0.629. The first-order valence-electron chi connectivity index (χ1n) is 8.98. The van der Waals surface area contributed by atoms with E-state index >= 15 is 0 Å². The van der Waals surface area contributed by atoms with Crippen molar-refractivity contribution >= 4 is 21.7 Å². The lowest BCUT2D eigenvalue weighted by Crippen LogP contribution is -2.24. The number of sulfonamides is 1. The van der Waals surface area contributed by atoms with Crippen molar-refractivity contribution in [2.24, 2.45) is 0 Å². The number of nitrogens with zero attached hydrogens (tertiary/aromatic N) is 1. The lowest BCUT2D eigenvalue weighted by Gasteiger charge is -2.24. The van der Waals surface area contributed by atoms with E-state index in [1.807, 2.05) is 18.0 Å². The van der Waals surface area contributed by atoms with E-state index in [1.54, 1.807) is 30.3 Å². The molecule has 0 heterocycles. The number of hydrogen-bond acceptors (Lipinski definition) is 6. The summed E-state index contributed by atoms with van der Waals surface area (Å²) in [4.78, 5) is 13.9. The van der Waals surface area contributed by atoms with Crippen molar-refractivity contribution in [2.45, 2.75) is 24.7 Å². The van der Waals surface area contributed by atoms with Gasteiger partial charge in [-0.05, 0) is 37.7 Å². The predicted octanol–water partition coefficient (Wildman–Crippen LogP) is 3.41. The zero-order valence-corrected chi connectivity index (χ0v) is 17.4. The summed E-state index contributed by atoms with van der Waals surface area (Å²) in [5.74, 6) is 0.0294. The molecular formula is C20H26N2O5S. The lowest BCUT2D eigenvalue weighted by molar-refractivity contribution is 0.0600. The highest BCUT2D eigenvalue weighted by Crippen LogP contribution is 2.39. The van der Waals surface area contributed by atoms with Crippen LogP contribution in [0.5, 0.6) is 11.5 Å². The van der Waals surface area contributed by atoms with Crippen LogP contribution in [0, 0.1) is 0 Å². The van der Waals surface area contributed by atoms with Crippen LogP contribution in [-0.2, 0) is 14.8 Å². The summed E-state index contributed by atoms with van der Waals surface area (Å²) in [7, 11) is 0.500. The third-order valence-electron chi connectivity index (χ3n) is 4.24. The van der Waals surface area contributed by atoms with Crippen LogP contribution in [-0.4, -0.2) is 42.1 Å². The molecule has 0 aromatic heterocycles. The smallest absolute Gasteiger partial charge is 0.337 e. The largest absolute Gasteiger partial charge is 0.465 e. The number of para-hydroxylation sites is 1. The Hall–Kier alpha value is -2.58. The Morgan fingerprint density at radius 2 is 1.86 bits per heavy atom. The molecule has 0 spiro atoms. The molecule has 8 heteroatoms. The lowest BCUT2D eigenvalue weighted by atomic mass is 10.1. The summed E-state index contributed by atoms with van der Waals surface area (Å²) in [6, 6.07) is 11.8. The van der Waals surface area contributed by atoms with E-state index in [0.717, 1.165) is 12.8 Å². The number of ether oxygens (including phenoxy) is 2. The van der Waals surface area contributed by atoms with Crippen LogP contribution < -0.4 is 14.4 Å². The monoisotopic (exact) mass is 406 g/mol. The molecule has 0 bridgehead atoms. The Balaban J connectivity index is 2.72. The highest BCUT2D eigenvalue weighted by molar-refractivity contribution is 7.89. The molecule has 0 amide bonds. The fourth-order valence-corrected chi connectivity index (χ4v) is 3.53. The molecule has 1 N–H and O–H groups in total. The first kappa shape index (κ1) is 21.7. The van der Waals surface area contributed by atoms with Gasteiger partial charge in [-0.2, -0.15) is 0 Å². The van der Waals surface area contributed by atoms with E-state index in [2.05, 4.69) is 11.6 Å². The number of rotatable bonds is 9. The minimum absolute atomic E-state index is 0.125. The maximum Gasteiger partial charge on any atom is 0.337 e. The third kappa shape index (κ3) is 5.02. The van der Waals surface area contributed by atoms with Crippen molar-refractivity contribution < 1.29 is 22.7 Å². The van der Waals surface area contributed by atoms with E-state index in [9.17, 15) is 13.2 Å². The Bertz CT molecular complexity index is 914. The molecule has 28 heavy (non-hydrogen) atoms. The fourth-order valence-electron chi connectivity index (χ4n) is 2.64. The highest BCUT2D eigenvalue weighted by atomic mass is 32.2. The van der Waals surface area contributed by atoms with Gasteiger partial charge in [0.05, 0.1) is 18.4 Å². The minimum atomic E-state index is -3.90. The molecule has 0 atom stereocenters. The van der Waals surface area contributed by atoms with Crippen molar-refractivity contribution in [1.82, 2.24) is 4.72 Å². The van der Waals surface area contributed by atoms with Crippen LogP contribution in [0.4, 0.5) is 5.69 Å². The molecule has 0 aliphatic carbocycles. The average molecular weight is 407 g/mol. The van der Waals surface area contributed by atoms with Gasteiger partial charge >= 0.3 is 5.97 Å². The van der Waals surface area contributed by atoms with Crippen LogP contribution in [0.15, 0.2) is 47.4 Å². The summed E-state index contributed by atoms with van der Waals surface area (Å²) in [6.07, 6.45) is 1.87. The summed E-state index contributed by atoms with van der Waals surface area (Å²) in [6.45, 7) is 2.74.